The lowest BCUT2D eigenvalue weighted by atomic mass is 10.3. The summed E-state index contributed by atoms with van der Waals surface area (Å²) in [5, 5.41) is 0.596. The van der Waals surface area contributed by atoms with Crippen LogP contribution in [0, 0.1) is 0 Å². The van der Waals surface area contributed by atoms with Crippen molar-refractivity contribution in [3.05, 3.63) is 77.8 Å². The van der Waals surface area contributed by atoms with Crippen molar-refractivity contribution in [2.75, 3.05) is 15.7 Å². The first kappa shape index (κ1) is 23.5. The molecule has 0 spiro atoms. The van der Waals surface area contributed by atoms with Gasteiger partial charge in [-0.3, -0.25) is 4.72 Å². The van der Waals surface area contributed by atoms with Gasteiger partial charge in [0, 0.05) is 22.7 Å². The van der Waals surface area contributed by atoms with Gasteiger partial charge in [0.2, 0.25) is 5.09 Å². The summed E-state index contributed by atoms with van der Waals surface area (Å²) in [5.41, 5.74) is 0.676. The molecule has 0 aliphatic heterocycles. The fourth-order valence-electron chi connectivity index (χ4n) is 2.94. The summed E-state index contributed by atoms with van der Waals surface area (Å²) in [4.78, 5) is 0.387. The van der Waals surface area contributed by atoms with Crippen LogP contribution in [0.25, 0.3) is 11.0 Å². The largest absolute Gasteiger partial charge is 0.588 e. The Bertz CT molecular complexity index is 1500. The number of hydrogen-bond donors (Lipinski definition) is 2. The van der Waals surface area contributed by atoms with Crippen LogP contribution in [0.5, 0.6) is 0 Å². The zero-order valence-electron chi connectivity index (χ0n) is 17.0. The van der Waals surface area contributed by atoms with E-state index in [1.807, 2.05) is 0 Å². The summed E-state index contributed by atoms with van der Waals surface area (Å²) in [6.45, 7) is 0. The fourth-order valence-corrected chi connectivity index (χ4v) is 5.67. The quantitative estimate of drug-likeness (QED) is 0.342. The standard InChI is InChI=1S/C21H17ClN2O6S3/c1-32(26,27)17-9-7-16(8-10-17)31(25)23-18-11-6-15(22)13-19(18)24-33(28,29)21-12-14-4-2-3-5-20(14)30-21/h2-13,23-24H,1H3. The van der Waals surface area contributed by atoms with Gasteiger partial charge >= 0.3 is 0 Å². The summed E-state index contributed by atoms with van der Waals surface area (Å²) in [5.74, 6) is 0. The molecular weight excluding hydrogens is 508 g/mol. The Kier molecular flexibility index (Phi) is 6.34. The molecule has 1 heterocycles. The first-order valence-corrected chi connectivity index (χ1v) is 14.2. The fraction of sp³-hybridized carbons (Fsp3) is 0.0476. The van der Waals surface area contributed by atoms with Gasteiger partial charge in [-0.1, -0.05) is 29.8 Å². The molecule has 0 saturated carbocycles. The molecule has 8 nitrogen and oxygen atoms in total. The van der Waals surface area contributed by atoms with E-state index >= 15 is 0 Å². The molecule has 12 heteroatoms. The third-order valence-corrected chi connectivity index (χ3v) is 8.25. The molecule has 0 aliphatic rings. The van der Waals surface area contributed by atoms with E-state index < -0.39 is 31.2 Å². The zero-order chi connectivity index (χ0) is 23.8. The normalized spacial score (nSPS) is 13.1. The van der Waals surface area contributed by atoms with Gasteiger partial charge in [-0.15, -0.1) is 0 Å². The molecule has 0 aliphatic carbocycles. The Balaban J connectivity index is 1.61. The first-order valence-electron chi connectivity index (χ1n) is 9.32. The van der Waals surface area contributed by atoms with Crippen LogP contribution >= 0.6 is 11.6 Å². The molecule has 1 unspecified atom stereocenters. The molecule has 2 N–H and O–H groups in total. The van der Waals surface area contributed by atoms with Crippen molar-refractivity contribution < 1.29 is 25.8 Å². The van der Waals surface area contributed by atoms with Gasteiger partial charge in [-0.2, -0.15) is 8.42 Å². The van der Waals surface area contributed by atoms with Gasteiger partial charge in [0.25, 0.3) is 10.0 Å². The van der Waals surface area contributed by atoms with E-state index in [1.54, 1.807) is 24.3 Å². The topological polar surface area (TPSA) is 129 Å². The second-order valence-corrected chi connectivity index (χ2v) is 12.3. The molecular formula is C21H17ClN2O6S3. The van der Waals surface area contributed by atoms with E-state index in [0.717, 1.165) is 6.26 Å². The summed E-state index contributed by atoms with van der Waals surface area (Å²) < 4.78 is 72.4. The van der Waals surface area contributed by atoms with Gasteiger partial charge in [0.1, 0.15) is 22.6 Å². The van der Waals surface area contributed by atoms with Crippen LogP contribution in [0.3, 0.4) is 0 Å². The monoisotopic (exact) mass is 524 g/mol. The van der Waals surface area contributed by atoms with Crippen molar-refractivity contribution in [1.29, 1.82) is 0 Å². The number of hydrogen-bond acceptors (Lipinski definition) is 7. The van der Waals surface area contributed by atoms with Crippen molar-refractivity contribution in [1.82, 2.24) is 0 Å². The minimum atomic E-state index is -4.12. The average molecular weight is 525 g/mol. The van der Waals surface area contributed by atoms with E-state index in [1.165, 1.54) is 48.5 Å². The Hall–Kier alpha value is -2.70. The van der Waals surface area contributed by atoms with E-state index in [0.29, 0.717) is 15.9 Å². The molecule has 4 aromatic rings. The average Bonchev–Trinajstić information content (AvgIpc) is 3.20. The predicted molar refractivity (Wildman–Crippen MR) is 128 cm³/mol. The van der Waals surface area contributed by atoms with E-state index in [9.17, 15) is 21.4 Å². The summed E-state index contributed by atoms with van der Waals surface area (Å²) in [6, 6.07) is 18.1. The maximum absolute atomic E-state index is 12.9. The number of furan rings is 1. The summed E-state index contributed by atoms with van der Waals surface area (Å²) >= 11 is 4.23. The molecule has 0 saturated heterocycles. The van der Waals surface area contributed by atoms with Gasteiger partial charge < -0.3 is 8.97 Å². The number of halogens is 1. The highest BCUT2D eigenvalue weighted by molar-refractivity contribution is 7.93. The van der Waals surface area contributed by atoms with Crippen LogP contribution < -0.4 is 9.44 Å². The van der Waals surface area contributed by atoms with Crippen LogP contribution in [0.2, 0.25) is 5.02 Å². The Morgan fingerprint density at radius 3 is 2.27 bits per heavy atom. The number of nitrogens with one attached hydrogen (secondary N) is 2. The zero-order valence-corrected chi connectivity index (χ0v) is 20.2. The Morgan fingerprint density at radius 1 is 0.909 bits per heavy atom. The van der Waals surface area contributed by atoms with E-state index in [-0.39, 0.29) is 26.4 Å². The van der Waals surface area contributed by atoms with Gasteiger partial charge in [0.15, 0.2) is 14.7 Å². The molecule has 0 bridgehead atoms. The van der Waals surface area contributed by atoms with Crippen LogP contribution in [-0.2, 0) is 31.2 Å². The maximum atomic E-state index is 12.9. The number of fused-ring (bicyclic) bond motifs is 1. The number of sulfonamides is 1. The van der Waals surface area contributed by atoms with E-state index in [2.05, 4.69) is 9.44 Å². The molecule has 1 atom stereocenters. The van der Waals surface area contributed by atoms with Gasteiger partial charge in [-0.25, -0.2) is 13.1 Å². The van der Waals surface area contributed by atoms with Crippen LogP contribution in [0.1, 0.15) is 0 Å². The SMILES string of the molecule is CS(=O)(=O)c1ccc([S+]([O-])Nc2ccc(Cl)cc2NS(=O)(=O)c2cc3ccccc3o2)cc1. The minimum Gasteiger partial charge on any atom is -0.588 e. The van der Waals surface area contributed by atoms with E-state index in [4.69, 9.17) is 16.0 Å². The highest BCUT2D eigenvalue weighted by Crippen LogP contribution is 2.31. The highest BCUT2D eigenvalue weighted by Gasteiger charge is 2.23. The lowest BCUT2D eigenvalue weighted by Gasteiger charge is -2.16. The lowest BCUT2D eigenvalue weighted by Crippen LogP contribution is -2.17. The second-order valence-electron chi connectivity index (χ2n) is 7.01. The van der Waals surface area contributed by atoms with Crippen molar-refractivity contribution >= 4 is 65.2 Å². The molecule has 0 fully saturated rings. The van der Waals surface area contributed by atoms with Gasteiger partial charge in [0.05, 0.1) is 10.6 Å². The summed E-state index contributed by atoms with van der Waals surface area (Å²) in [7, 11) is -7.51. The molecule has 0 amide bonds. The first-order chi connectivity index (χ1) is 15.5. The minimum absolute atomic E-state index is 0.0593. The van der Waals surface area contributed by atoms with Crippen LogP contribution in [-0.4, -0.2) is 27.6 Å². The van der Waals surface area contributed by atoms with Crippen molar-refractivity contribution in [3.63, 3.8) is 0 Å². The van der Waals surface area contributed by atoms with Gasteiger partial charge in [-0.05, 0) is 48.5 Å². The lowest BCUT2D eigenvalue weighted by molar-refractivity contribution is 0.484. The maximum Gasteiger partial charge on any atom is 0.295 e. The smallest absolute Gasteiger partial charge is 0.295 e. The Labute approximate surface area is 198 Å². The second kappa shape index (κ2) is 8.92. The van der Waals surface area contributed by atoms with Crippen molar-refractivity contribution in [2.45, 2.75) is 14.9 Å². The Morgan fingerprint density at radius 2 is 1.61 bits per heavy atom. The molecule has 3 aromatic carbocycles. The summed E-state index contributed by atoms with van der Waals surface area (Å²) in [6.07, 6.45) is 1.07. The molecule has 33 heavy (non-hydrogen) atoms. The molecule has 0 radical (unpaired) electrons. The number of anilines is 2. The van der Waals surface area contributed by atoms with Crippen LogP contribution in [0.4, 0.5) is 11.4 Å². The number of benzene rings is 3. The predicted octanol–water partition coefficient (Wildman–Crippen LogP) is 4.43. The third kappa shape index (κ3) is 5.28. The highest BCUT2D eigenvalue weighted by atomic mass is 35.5. The number of rotatable bonds is 7. The van der Waals surface area contributed by atoms with Crippen molar-refractivity contribution in [2.24, 2.45) is 0 Å². The molecule has 4 rings (SSSR count). The third-order valence-electron chi connectivity index (χ3n) is 4.56. The molecule has 1 aromatic heterocycles. The van der Waals surface area contributed by atoms with Crippen molar-refractivity contribution in [3.8, 4) is 0 Å². The number of sulfone groups is 1. The number of para-hydroxylation sites is 1. The van der Waals surface area contributed by atoms with Crippen LogP contribution in [0.15, 0.2) is 92.1 Å². The molecule has 172 valence electrons.